The van der Waals surface area contributed by atoms with E-state index in [1.807, 2.05) is 19.2 Å². The highest BCUT2D eigenvalue weighted by Crippen LogP contribution is 2.09. The molecule has 0 saturated carbocycles. The standard InChI is InChI=1S/C12H15N5O2S/c1-3-6-17-11(14-15-16-17)7-19-12(18)5-4-10-8-20-9(2)13-10/h4-5,8H,3,6-7H2,1-2H3/b5-4+. The van der Waals surface area contributed by atoms with Crippen LogP contribution in [0.1, 0.15) is 29.9 Å². The van der Waals surface area contributed by atoms with E-state index in [1.54, 1.807) is 10.8 Å². The van der Waals surface area contributed by atoms with Crippen LogP contribution in [0, 0.1) is 6.92 Å². The minimum Gasteiger partial charge on any atom is -0.454 e. The summed E-state index contributed by atoms with van der Waals surface area (Å²) < 4.78 is 6.71. The van der Waals surface area contributed by atoms with Crippen LogP contribution < -0.4 is 0 Å². The predicted octanol–water partition coefficient (Wildman–Crippen LogP) is 1.60. The molecule has 2 aromatic rings. The molecular weight excluding hydrogens is 278 g/mol. The summed E-state index contributed by atoms with van der Waals surface area (Å²) in [6, 6.07) is 0. The smallest absolute Gasteiger partial charge is 0.331 e. The number of ether oxygens (including phenoxy) is 1. The van der Waals surface area contributed by atoms with Crippen molar-refractivity contribution in [2.24, 2.45) is 0 Å². The molecule has 0 aromatic carbocycles. The second-order valence-electron chi connectivity index (χ2n) is 4.05. The number of aromatic nitrogens is 5. The lowest BCUT2D eigenvalue weighted by Gasteiger charge is -2.02. The lowest BCUT2D eigenvalue weighted by Crippen LogP contribution is -2.09. The monoisotopic (exact) mass is 293 g/mol. The lowest BCUT2D eigenvalue weighted by molar-refractivity contribution is -0.139. The molecule has 0 unspecified atom stereocenters. The number of nitrogens with zero attached hydrogens (tertiary/aromatic N) is 5. The quantitative estimate of drug-likeness (QED) is 0.594. The first-order valence-corrected chi connectivity index (χ1v) is 7.09. The Morgan fingerprint density at radius 3 is 3.10 bits per heavy atom. The second-order valence-corrected chi connectivity index (χ2v) is 5.11. The SMILES string of the molecule is CCCn1nnnc1COC(=O)/C=C/c1csc(C)n1. The fourth-order valence-corrected chi connectivity index (χ4v) is 2.09. The van der Waals surface area contributed by atoms with Crippen molar-refractivity contribution >= 4 is 23.4 Å². The summed E-state index contributed by atoms with van der Waals surface area (Å²) in [5.74, 6) is 0.0970. The maximum absolute atomic E-state index is 11.6. The van der Waals surface area contributed by atoms with E-state index in [0.29, 0.717) is 12.4 Å². The van der Waals surface area contributed by atoms with Crippen LogP contribution in [0.15, 0.2) is 11.5 Å². The van der Waals surface area contributed by atoms with E-state index < -0.39 is 5.97 Å². The third kappa shape index (κ3) is 3.95. The summed E-state index contributed by atoms with van der Waals surface area (Å²) >= 11 is 1.53. The van der Waals surface area contributed by atoms with Gasteiger partial charge in [0.1, 0.15) is 0 Å². The molecule has 2 heterocycles. The van der Waals surface area contributed by atoms with E-state index in [-0.39, 0.29) is 6.61 Å². The fourth-order valence-electron chi connectivity index (χ4n) is 1.51. The zero-order valence-corrected chi connectivity index (χ0v) is 12.1. The zero-order valence-electron chi connectivity index (χ0n) is 11.3. The maximum atomic E-state index is 11.6. The minimum absolute atomic E-state index is 0.0618. The van der Waals surface area contributed by atoms with Crippen molar-refractivity contribution in [2.75, 3.05) is 0 Å². The summed E-state index contributed by atoms with van der Waals surface area (Å²) in [6.07, 6.45) is 3.89. The fraction of sp³-hybridized carbons (Fsp3) is 0.417. The van der Waals surface area contributed by atoms with Crippen LogP contribution in [0.25, 0.3) is 6.08 Å². The molecule has 20 heavy (non-hydrogen) atoms. The molecule has 0 spiro atoms. The molecule has 0 radical (unpaired) electrons. The Hall–Kier alpha value is -2.09. The summed E-state index contributed by atoms with van der Waals surface area (Å²) in [6.45, 7) is 4.70. The Morgan fingerprint density at radius 2 is 2.40 bits per heavy atom. The Labute approximate surface area is 120 Å². The molecule has 0 fully saturated rings. The van der Waals surface area contributed by atoms with Crippen LogP contribution in [0.3, 0.4) is 0 Å². The maximum Gasteiger partial charge on any atom is 0.331 e. The molecule has 0 aliphatic heterocycles. The van der Waals surface area contributed by atoms with Gasteiger partial charge in [0.15, 0.2) is 12.4 Å². The lowest BCUT2D eigenvalue weighted by atomic mass is 10.4. The summed E-state index contributed by atoms with van der Waals surface area (Å²) in [5, 5.41) is 14.0. The Balaban J connectivity index is 1.85. The largest absolute Gasteiger partial charge is 0.454 e. The molecule has 7 nitrogen and oxygen atoms in total. The predicted molar refractivity (Wildman–Crippen MR) is 73.8 cm³/mol. The van der Waals surface area contributed by atoms with Gasteiger partial charge >= 0.3 is 5.97 Å². The van der Waals surface area contributed by atoms with Gasteiger partial charge in [-0.25, -0.2) is 14.5 Å². The molecule has 2 rings (SSSR count). The highest BCUT2D eigenvalue weighted by Gasteiger charge is 2.07. The summed E-state index contributed by atoms with van der Waals surface area (Å²) in [5.41, 5.74) is 0.750. The van der Waals surface area contributed by atoms with Gasteiger partial charge in [-0.2, -0.15) is 0 Å². The number of rotatable bonds is 6. The van der Waals surface area contributed by atoms with Crippen molar-refractivity contribution in [3.8, 4) is 0 Å². The number of hydrogen-bond acceptors (Lipinski definition) is 7. The van der Waals surface area contributed by atoms with E-state index in [9.17, 15) is 4.79 Å². The number of thiazole rings is 1. The molecular formula is C12H15N5O2S. The molecule has 2 aromatic heterocycles. The minimum atomic E-state index is -0.443. The molecule has 0 N–H and O–H groups in total. The number of carbonyl (C=O) groups is 1. The third-order valence-corrected chi connectivity index (χ3v) is 3.20. The first-order chi connectivity index (χ1) is 9.69. The van der Waals surface area contributed by atoms with Crippen molar-refractivity contribution < 1.29 is 9.53 Å². The summed E-state index contributed by atoms with van der Waals surface area (Å²) in [7, 11) is 0. The molecule has 0 amide bonds. The van der Waals surface area contributed by atoms with E-state index in [0.717, 1.165) is 17.1 Å². The molecule has 106 valence electrons. The Morgan fingerprint density at radius 1 is 1.55 bits per heavy atom. The summed E-state index contributed by atoms with van der Waals surface area (Å²) in [4.78, 5) is 15.8. The molecule has 0 aliphatic carbocycles. The van der Waals surface area contributed by atoms with Crippen LogP contribution in [0.2, 0.25) is 0 Å². The van der Waals surface area contributed by atoms with Gasteiger partial charge in [-0.05, 0) is 29.8 Å². The molecule has 0 aliphatic rings. The average Bonchev–Trinajstić information content (AvgIpc) is 3.04. The van der Waals surface area contributed by atoms with E-state index >= 15 is 0 Å². The molecule has 0 atom stereocenters. The molecule has 0 bridgehead atoms. The molecule has 8 heteroatoms. The highest BCUT2D eigenvalue weighted by atomic mass is 32.1. The van der Waals surface area contributed by atoms with Crippen molar-refractivity contribution in [3.05, 3.63) is 28.0 Å². The third-order valence-electron chi connectivity index (χ3n) is 2.41. The second kappa shape index (κ2) is 6.90. The van der Waals surface area contributed by atoms with E-state index in [4.69, 9.17) is 4.74 Å². The van der Waals surface area contributed by atoms with Gasteiger partial charge in [0.25, 0.3) is 0 Å². The van der Waals surface area contributed by atoms with Crippen molar-refractivity contribution in [3.63, 3.8) is 0 Å². The van der Waals surface area contributed by atoms with Gasteiger partial charge in [0.05, 0.1) is 10.7 Å². The topological polar surface area (TPSA) is 82.8 Å². The zero-order chi connectivity index (χ0) is 14.4. The van der Waals surface area contributed by atoms with E-state index in [2.05, 4.69) is 20.5 Å². The van der Waals surface area contributed by atoms with Crippen molar-refractivity contribution in [1.82, 2.24) is 25.2 Å². The van der Waals surface area contributed by atoms with Crippen LogP contribution >= 0.6 is 11.3 Å². The Kier molecular flexibility index (Phi) is 4.94. The van der Waals surface area contributed by atoms with Gasteiger partial charge in [0.2, 0.25) is 0 Å². The normalized spacial score (nSPS) is 11.1. The number of carbonyl (C=O) groups excluding carboxylic acids is 1. The van der Waals surface area contributed by atoms with E-state index in [1.165, 1.54) is 17.4 Å². The van der Waals surface area contributed by atoms with Gasteiger partial charge in [-0.1, -0.05) is 6.92 Å². The van der Waals surface area contributed by atoms with Crippen LogP contribution in [0.5, 0.6) is 0 Å². The van der Waals surface area contributed by atoms with Crippen molar-refractivity contribution in [1.29, 1.82) is 0 Å². The van der Waals surface area contributed by atoms with Crippen LogP contribution in [-0.4, -0.2) is 31.2 Å². The number of esters is 1. The first kappa shape index (κ1) is 14.3. The number of tetrazole rings is 1. The van der Waals surface area contributed by atoms with Crippen LogP contribution in [0.4, 0.5) is 0 Å². The number of aryl methyl sites for hydroxylation is 2. The first-order valence-electron chi connectivity index (χ1n) is 6.21. The average molecular weight is 293 g/mol. The van der Waals surface area contributed by atoms with Gasteiger partial charge in [-0.15, -0.1) is 16.4 Å². The van der Waals surface area contributed by atoms with Crippen molar-refractivity contribution in [2.45, 2.75) is 33.4 Å². The highest BCUT2D eigenvalue weighted by molar-refractivity contribution is 7.09. The van der Waals surface area contributed by atoms with Gasteiger partial charge in [-0.3, -0.25) is 0 Å². The van der Waals surface area contributed by atoms with Gasteiger partial charge in [0, 0.05) is 18.0 Å². The molecule has 0 saturated heterocycles. The number of hydrogen-bond donors (Lipinski definition) is 0. The van der Waals surface area contributed by atoms with Gasteiger partial charge < -0.3 is 4.74 Å². The Bertz CT molecular complexity index is 605. The van der Waals surface area contributed by atoms with Crippen LogP contribution in [-0.2, 0) is 22.7 Å².